The van der Waals surface area contributed by atoms with Crippen molar-refractivity contribution in [3.8, 4) is 5.75 Å². The maximum atomic E-state index is 12.4. The van der Waals surface area contributed by atoms with Crippen LogP contribution in [0.1, 0.15) is 6.92 Å². The zero-order valence-electron chi connectivity index (χ0n) is 14.1. The number of hydrogen-bond donors (Lipinski definition) is 1. The number of halogens is 3. The van der Waals surface area contributed by atoms with Crippen LogP contribution >= 0.6 is 39.1 Å². The molecule has 0 heterocycles. The normalized spacial score (nSPS) is 11.6. The third-order valence-electron chi connectivity index (χ3n) is 3.46. The van der Waals surface area contributed by atoms with Crippen molar-refractivity contribution >= 4 is 56.6 Å². The van der Waals surface area contributed by atoms with Crippen molar-refractivity contribution in [2.24, 2.45) is 0 Å². The highest BCUT2D eigenvalue weighted by Gasteiger charge is 2.21. The van der Waals surface area contributed by atoms with Crippen LogP contribution < -0.4 is 10.1 Å². The number of amides is 2. The third kappa shape index (κ3) is 5.62. The van der Waals surface area contributed by atoms with E-state index in [1.165, 1.54) is 11.9 Å². The van der Waals surface area contributed by atoms with Gasteiger partial charge in [0.1, 0.15) is 5.75 Å². The van der Waals surface area contributed by atoms with Crippen molar-refractivity contribution in [2.75, 3.05) is 18.9 Å². The molecule has 0 spiro atoms. The molecule has 8 heteroatoms. The summed E-state index contributed by atoms with van der Waals surface area (Å²) in [5.41, 5.74) is 0.320. The molecule has 0 radical (unpaired) electrons. The van der Waals surface area contributed by atoms with Crippen LogP contribution in [-0.2, 0) is 9.59 Å². The fraction of sp³-hybridized carbons (Fsp3) is 0.222. The van der Waals surface area contributed by atoms with Gasteiger partial charge in [-0.3, -0.25) is 9.59 Å². The zero-order chi connectivity index (χ0) is 19.3. The fourth-order valence-corrected chi connectivity index (χ4v) is 2.92. The monoisotopic (exact) mass is 458 g/mol. The van der Waals surface area contributed by atoms with E-state index >= 15 is 0 Å². The van der Waals surface area contributed by atoms with Crippen molar-refractivity contribution in [1.82, 2.24) is 4.90 Å². The topological polar surface area (TPSA) is 58.6 Å². The highest BCUT2D eigenvalue weighted by Crippen LogP contribution is 2.29. The van der Waals surface area contributed by atoms with Gasteiger partial charge in [0.15, 0.2) is 6.10 Å². The number of rotatable bonds is 6. The van der Waals surface area contributed by atoms with E-state index in [0.29, 0.717) is 21.5 Å². The number of nitrogens with one attached hydrogen (secondary N) is 1. The Hall–Kier alpha value is -1.76. The van der Waals surface area contributed by atoms with Gasteiger partial charge in [-0.05, 0) is 43.3 Å². The van der Waals surface area contributed by atoms with Crippen LogP contribution in [0, 0.1) is 0 Å². The van der Waals surface area contributed by atoms with E-state index in [2.05, 4.69) is 21.2 Å². The summed E-state index contributed by atoms with van der Waals surface area (Å²) in [5, 5.41) is 3.27. The quantitative estimate of drug-likeness (QED) is 0.685. The molecular formula is C18H17BrCl2N2O3. The lowest BCUT2D eigenvalue weighted by molar-refractivity contribution is -0.139. The Balaban J connectivity index is 1.93. The SMILES string of the molecule is CC(Oc1ccc(Br)cc1)C(=O)N(C)CC(=O)Nc1c(Cl)cccc1Cl. The second-order valence-electron chi connectivity index (χ2n) is 5.55. The molecule has 1 atom stereocenters. The summed E-state index contributed by atoms with van der Waals surface area (Å²) in [4.78, 5) is 25.9. The van der Waals surface area contributed by atoms with Crippen molar-refractivity contribution in [3.63, 3.8) is 0 Å². The molecule has 2 rings (SSSR count). The van der Waals surface area contributed by atoms with Crippen LogP contribution in [0.2, 0.25) is 10.0 Å². The first-order chi connectivity index (χ1) is 12.3. The number of ether oxygens (including phenoxy) is 1. The second-order valence-corrected chi connectivity index (χ2v) is 7.28. The van der Waals surface area contributed by atoms with Crippen molar-refractivity contribution in [3.05, 3.63) is 57.0 Å². The molecule has 2 aromatic carbocycles. The van der Waals surface area contributed by atoms with Crippen LogP contribution in [0.4, 0.5) is 5.69 Å². The van der Waals surface area contributed by atoms with Gasteiger partial charge in [-0.1, -0.05) is 45.2 Å². The highest BCUT2D eigenvalue weighted by atomic mass is 79.9. The number of carbonyl (C=O) groups is 2. The maximum absolute atomic E-state index is 12.4. The molecule has 0 aliphatic rings. The molecule has 0 aliphatic heterocycles. The second kappa shape index (κ2) is 9.26. The average molecular weight is 460 g/mol. The van der Waals surface area contributed by atoms with E-state index in [1.807, 2.05) is 12.1 Å². The van der Waals surface area contributed by atoms with Gasteiger partial charge in [-0.15, -0.1) is 0 Å². The van der Waals surface area contributed by atoms with Gasteiger partial charge in [-0.25, -0.2) is 0 Å². The van der Waals surface area contributed by atoms with Gasteiger partial charge < -0.3 is 15.0 Å². The fourth-order valence-electron chi connectivity index (χ4n) is 2.17. The van der Waals surface area contributed by atoms with Crippen LogP contribution in [0.15, 0.2) is 46.9 Å². The molecule has 1 unspecified atom stereocenters. The summed E-state index contributed by atoms with van der Waals surface area (Å²) in [6.45, 7) is 1.47. The molecule has 0 saturated carbocycles. The number of para-hydroxylation sites is 1. The van der Waals surface area contributed by atoms with E-state index in [9.17, 15) is 9.59 Å². The molecule has 2 aromatic rings. The summed E-state index contributed by atoms with van der Waals surface area (Å²) in [6, 6.07) is 12.0. The Labute approximate surface area is 170 Å². The lowest BCUT2D eigenvalue weighted by atomic mass is 10.3. The summed E-state index contributed by atoms with van der Waals surface area (Å²) < 4.78 is 6.52. The predicted molar refractivity (Wildman–Crippen MR) is 107 cm³/mol. The predicted octanol–water partition coefficient (Wildman–Crippen LogP) is 4.62. The molecule has 0 aromatic heterocycles. The third-order valence-corrected chi connectivity index (χ3v) is 4.62. The summed E-state index contributed by atoms with van der Waals surface area (Å²) in [7, 11) is 1.53. The van der Waals surface area contributed by atoms with Crippen molar-refractivity contribution in [2.45, 2.75) is 13.0 Å². The standard InChI is InChI=1S/C18H17BrCl2N2O3/c1-11(26-13-8-6-12(19)7-9-13)18(25)23(2)10-16(24)22-17-14(20)4-3-5-15(17)21/h3-9,11H,10H2,1-2H3,(H,22,24). The molecule has 0 saturated heterocycles. The zero-order valence-corrected chi connectivity index (χ0v) is 17.2. The molecule has 0 fully saturated rings. The van der Waals surface area contributed by atoms with Crippen molar-refractivity contribution in [1.29, 1.82) is 0 Å². The number of likely N-dealkylation sites (N-methyl/N-ethyl adjacent to an activating group) is 1. The van der Waals surface area contributed by atoms with E-state index in [1.54, 1.807) is 37.3 Å². The smallest absolute Gasteiger partial charge is 0.263 e. The number of hydrogen-bond acceptors (Lipinski definition) is 3. The van der Waals surface area contributed by atoms with Crippen LogP contribution in [-0.4, -0.2) is 36.4 Å². The van der Waals surface area contributed by atoms with Crippen molar-refractivity contribution < 1.29 is 14.3 Å². The lowest BCUT2D eigenvalue weighted by Crippen LogP contribution is -2.42. The maximum Gasteiger partial charge on any atom is 0.263 e. The van der Waals surface area contributed by atoms with Gasteiger partial charge in [0.2, 0.25) is 5.91 Å². The number of carbonyl (C=O) groups excluding carboxylic acids is 2. The minimum atomic E-state index is -0.738. The number of anilines is 1. The van der Waals surface area contributed by atoms with E-state index in [4.69, 9.17) is 27.9 Å². The van der Waals surface area contributed by atoms with Crippen LogP contribution in [0.3, 0.4) is 0 Å². The first-order valence-corrected chi connectivity index (χ1v) is 9.24. The minimum Gasteiger partial charge on any atom is -0.481 e. The lowest BCUT2D eigenvalue weighted by Gasteiger charge is -2.22. The Morgan fingerprint density at radius 3 is 2.31 bits per heavy atom. The molecule has 26 heavy (non-hydrogen) atoms. The van der Waals surface area contributed by atoms with Gasteiger partial charge in [0, 0.05) is 11.5 Å². The Morgan fingerprint density at radius 1 is 1.15 bits per heavy atom. The van der Waals surface area contributed by atoms with Crippen LogP contribution in [0.25, 0.3) is 0 Å². The molecule has 138 valence electrons. The largest absolute Gasteiger partial charge is 0.481 e. The van der Waals surface area contributed by atoms with E-state index in [0.717, 1.165) is 4.47 Å². The van der Waals surface area contributed by atoms with Gasteiger partial charge >= 0.3 is 0 Å². The number of benzene rings is 2. The molecular weight excluding hydrogens is 443 g/mol. The molecule has 1 N–H and O–H groups in total. The number of nitrogens with zero attached hydrogens (tertiary/aromatic N) is 1. The molecule has 0 bridgehead atoms. The van der Waals surface area contributed by atoms with Gasteiger partial charge in [-0.2, -0.15) is 0 Å². The molecule has 2 amide bonds. The Morgan fingerprint density at radius 2 is 1.73 bits per heavy atom. The van der Waals surface area contributed by atoms with Crippen LogP contribution in [0.5, 0.6) is 5.75 Å². The first-order valence-electron chi connectivity index (χ1n) is 7.69. The van der Waals surface area contributed by atoms with E-state index in [-0.39, 0.29) is 12.5 Å². The average Bonchev–Trinajstić information content (AvgIpc) is 2.59. The molecule has 0 aliphatic carbocycles. The summed E-state index contributed by atoms with van der Waals surface area (Å²) in [5.74, 6) is -0.172. The summed E-state index contributed by atoms with van der Waals surface area (Å²) >= 11 is 15.4. The van der Waals surface area contributed by atoms with E-state index < -0.39 is 12.0 Å². The molecule has 5 nitrogen and oxygen atoms in total. The highest BCUT2D eigenvalue weighted by molar-refractivity contribution is 9.10. The Kier molecular flexibility index (Phi) is 7.32. The van der Waals surface area contributed by atoms with Gasteiger partial charge in [0.25, 0.3) is 5.91 Å². The summed E-state index contributed by atoms with van der Waals surface area (Å²) in [6.07, 6.45) is -0.738. The van der Waals surface area contributed by atoms with Gasteiger partial charge in [0.05, 0.1) is 22.3 Å². The minimum absolute atomic E-state index is 0.158. The Bertz CT molecular complexity index is 779. The first kappa shape index (κ1) is 20.6.